The fourth-order valence-corrected chi connectivity index (χ4v) is 2.97. The Labute approximate surface area is 127 Å². The smallest absolute Gasteiger partial charge is 0.244 e. The van der Waals surface area contributed by atoms with Gasteiger partial charge in [-0.1, -0.05) is 40.1 Å². The Morgan fingerprint density at radius 3 is 3.00 bits per heavy atom. The monoisotopic (exact) mass is 335 g/mol. The van der Waals surface area contributed by atoms with Crippen LogP contribution in [0.15, 0.2) is 27.2 Å². The summed E-state index contributed by atoms with van der Waals surface area (Å²) in [6.45, 7) is 5.30. The summed E-state index contributed by atoms with van der Waals surface area (Å²) in [6.07, 6.45) is 2.41. The third-order valence-corrected chi connectivity index (χ3v) is 4.76. The SMILES string of the molecule is Cc1ccc(-c2noc(C3NCCCC3C)n2)cc1Br. The van der Waals surface area contributed by atoms with Crippen LogP contribution >= 0.6 is 15.9 Å². The molecule has 3 rings (SSSR count). The van der Waals surface area contributed by atoms with Gasteiger partial charge in [0.05, 0.1) is 6.04 Å². The molecule has 1 aliphatic heterocycles. The molecule has 20 heavy (non-hydrogen) atoms. The van der Waals surface area contributed by atoms with Crippen LogP contribution in [0.3, 0.4) is 0 Å². The lowest BCUT2D eigenvalue weighted by Gasteiger charge is -2.26. The second kappa shape index (κ2) is 5.66. The number of benzene rings is 1. The maximum atomic E-state index is 5.46. The quantitative estimate of drug-likeness (QED) is 0.905. The molecule has 2 heterocycles. The second-order valence-corrected chi connectivity index (χ2v) is 6.33. The Hall–Kier alpha value is -1.20. The van der Waals surface area contributed by atoms with Crippen LogP contribution in [-0.4, -0.2) is 16.7 Å². The molecule has 0 aliphatic carbocycles. The number of halogens is 1. The predicted molar refractivity (Wildman–Crippen MR) is 81.3 cm³/mol. The van der Waals surface area contributed by atoms with E-state index >= 15 is 0 Å². The molecule has 4 nitrogen and oxygen atoms in total. The van der Waals surface area contributed by atoms with Crippen molar-refractivity contribution in [1.82, 2.24) is 15.5 Å². The molecule has 0 amide bonds. The van der Waals surface area contributed by atoms with Crippen LogP contribution in [0.25, 0.3) is 11.4 Å². The molecule has 2 unspecified atom stereocenters. The van der Waals surface area contributed by atoms with E-state index in [0.29, 0.717) is 17.6 Å². The molecular weight excluding hydrogens is 318 g/mol. The van der Waals surface area contributed by atoms with Crippen molar-refractivity contribution in [2.24, 2.45) is 5.92 Å². The molecule has 0 bridgehead atoms. The number of hydrogen-bond donors (Lipinski definition) is 1. The first-order valence-electron chi connectivity index (χ1n) is 6.98. The van der Waals surface area contributed by atoms with Gasteiger partial charge in [0.1, 0.15) is 0 Å². The first kappa shape index (κ1) is 13.8. The van der Waals surface area contributed by atoms with E-state index in [1.807, 2.05) is 12.1 Å². The summed E-state index contributed by atoms with van der Waals surface area (Å²) in [5.41, 5.74) is 2.17. The van der Waals surface area contributed by atoms with Crippen LogP contribution in [0.2, 0.25) is 0 Å². The number of hydrogen-bond acceptors (Lipinski definition) is 4. The van der Waals surface area contributed by atoms with Crippen molar-refractivity contribution in [2.75, 3.05) is 6.54 Å². The molecule has 1 fully saturated rings. The van der Waals surface area contributed by atoms with E-state index in [2.05, 4.69) is 51.3 Å². The lowest BCUT2D eigenvalue weighted by atomic mass is 9.93. The van der Waals surface area contributed by atoms with Gasteiger partial charge >= 0.3 is 0 Å². The molecule has 5 heteroatoms. The zero-order valence-corrected chi connectivity index (χ0v) is 13.3. The van der Waals surface area contributed by atoms with Gasteiger partial charge in [0.15, 0.2) is 0 Å². The highest BCUT2D eigenvalue weighted by Gasteiger charge is 2.27. The zero-order chi connectivity index (χ0) is 14.1. The van der Waals surface area contributed by atoms with Gasteiger partial charge in [-0.2, -0.15) is 4.98 Å². The van der Waals surface area contributed by atoms with E-state index in [0.717, 1.165) is 16.6 Å². The maximum absolute atomic E-state index is 5.46. The van der Waals surface area contributed by atoms with Crippen LogP contribution in [0.1, 0.15) is 37.3 Å². The molecule has 1 aromatic carbocycles. The summed E-state index contributed by atoms with van der Waals surface area (Å²) in [6, 6.07) is 6.28. The lowest BCUT2D eigenvalue weighted by molar-refractivity contribution is 0.239. The van der Waals surface area contributed by atoms with E-state index in [-0.39, 0.29) is 6.04 Å². The average molecular weight is 336 g/mol. The van der Waals surface area contributed by atoms with Crippen molar-refractivity contribution in [3.8, 4) is 11.4 Å². The van der Waals surface area contributed by atoms with Gasteiger partial charge in [0.2, 0.25) is 11.7 Å². The third-order valence-electron chi connectivity index (χ3n) is 3.91. The van der Waals surface area contributed by atoms with E-state index in [1.54, 1.807) is 0 Å². The van der Waals surface area contributed by atoms with Gasteiger partial charge in [-0.15, -0.1) is 0 Å². The van der Waals surface area contributed by atoms with Crippen LogP contribution in [0, 0.1) is 12.8 Å². The average Bonchev–Trinajstić information content (AvgIpc) is 2.92. The fraction of sp³-hybridized carbons (Fsp3) is 0.467. The Morgan fingerprint density at radius 1 is 1.40 bits per heavy atom. The first-order chi connectivity index (χ1) is 9.65. The maximum Gasteiger partial charge on any atom is 0.244 e. The third kappa shape index (κ3) is 2.65. The number of nitrogens with one attached hydrogen (secondary N) is 1. The summed E-state index contributed by atoms with van der Waals surface area (Å²) in [5, 5.41) is 7.58. The molecule has 0 spiro atoms. The summed E-state index contributed by atoms with van der Waals surface area (Å²) in [5.74, 6) is 1.88. The largest absolute Gasteiger partial charge is 0.337 e. The molecule has 2 atom stereocenters. The summed E-state index contributed by atoms with van der Waals surface area (Å²) in [7, 11) is 0. The number of piperidine rings is 1. The molecule has 2 aromatic rings. The van der Waals surface area contributed by atoms with Crippen LogP contribution < -0.4 is 5.32 Å². The zero-order valence-electron chi connectivity index (χ0n) is 11.7. The highest BCUT2D eigenvalue weighted by Crippen LogP contribution is 2.30. The minimum atomic E-state index is 0.180. The van der Waals surface area contributed by atoms with Crippen molar-refractivity contribution >= 4 is 15.9 Å². The number of nitrogens with zero attached hydrogens (tertiary/aromatic N) is 2. The molecule has 1 aliphatic rings. The number of rotatable bonds is 2. The fourth-order valence-electron chi connectivity index (χ4n) is 2.59. The van der Waals surface area contributed by atoms with Crippen molar-refractivity contribution in [3.63, 3.8) is 0 Å². The normalized spacial score (nSPS) is 22.9. The van der Waals surface area contributed by atoms with Gasteiger partial charge in [-0.05, 0) is 43.9 Å². The molecule has 106 valence electrons. The summed E-state index contributed by atoms with van der Waals surface area (Å²) >= 11 is 3.54. The van der Waals surface area contributed by atoms with Gasteiger partial charge < -0.3 is 9.84 Å². The van der Waals surface area contributed by atoms with Crippen LogP contribution in [-0.2, 0) is 0 Å². The minimum Gasteiger partial charge on any atom is -0.337 e. The summed E-state index contributed by atoms with van der Waals surface area (Å²) < 4.78 is 6.52. The molecule has 0 saturated carbocycles. The van der Waals surface area contributed by atoms with E-state index in [9.17, 15) is 0 Å². The second-order valence-electron chi connectivity index (χ2n) is 5.47. The number of aromatic nitrogens is 2. The van der Waals surface area contributed by atoms with E-state index < -0.39 is 0 Å². The minimum absolute atomic E-state index is 0.180. The van der Waals surface area contributed by atoms with Crippen LogP contribution in [0.4, 0.5) is 0 Å². The van der Waals surface area contributed by atoms with Gasteiger partial charge in [0.25, 0.3) is 0 Å². The van der Waals surface area contributed by atoms with Crippen LogP contribution in [0.5, 0.6) is 0 Å². The van der Waals surface area contributed by atoms with Crippen molar-refractivity contribution in [2.45, 2.75) is 32.7 Å². The standard InChI is InChI=1S/C15H18BrN3O/c1-9-5-6-11(8-12(9)16)14-18-15(20-19-14)13-10(2)4-3-7-17-13/h5-6,8,10,13,17H,3-4,7H2,1-2H3. The first-order valence-corrected chi connectivity index (χ1v) is 7.78. The highest BCUT2D eigenvalue weighted by atomic mass is 79.9. The molecule has 0 radical (unpaired) electrons. The van der Waals surface area contributed by atoms with Gasteiger partial charge in [-0.25, -0.2) is 0 Å². The Kier molecular flexibility index (Phi) is 3.89. The number of aryl methyl sites for hydroxylation is 1. The van der Waals surface area contributed by atoms with Gasteiger partial charge in [0, 0.05) is 10.0 Å². The lowest BCUT2D eigenvalue weighted by Crippen LogP contribution is -2.33. The molecule has 1 N–H and O–H groups in total. The van der Waals surface area contributed by atoms with E-state index in [4.69, 9.17) is 4.52 Å². The van der Waals surface area contributed by atoms with Crippen molar-refractivity contribution in [3.05, 3.63) is 34.1 Å². The van der Waals surface area contributed by atoms with Gasteiger partial charge in [-0.3, -0.25) is 0 Å². The highest BCUT2D eigenvalue weighted by molar-refractivity contribution is 9.10. The van der Waals surface area contributed by atoms with E-state index in [1.165, 1.54) is 18.4 Å². The molecule has 1 saturated heterocycles. The topological polar surface area (TPSA) is 51.0 Å². The Balaban J connectivity index is 1.87. The Bertz CT molecular complexity index is 611. The summed E-state index contributed by atoms with van der Waals surface area (Å²) in [4.78, 5) is 4.56. The van der Waals surface area contributed by atoms with Crippen molar-refractivity contribution in [1.29, 1.82) is 0 Å². The predicted octanol–water partition coefficient (Wildman–Crippen LogP) is 3.87. The Morgan fingerprint density at radius 2 is 2.25 bits per heavy atom. The molecule has 1 aromatic heterocycles. The molecular formula is C15H18BrN3O. The van der Waals surface area contributed by atoms with Crippen molar-refractivity contribution < 1.29 is 4.52 Å².